The van der Waals surface area contributed by atoms with Crippen molar-refractivity contribution in [2.75, 3.05) is 25.7 Å². The molecule has 0 saturated heterocycles. The van der Waals surface area contributed by atoms with Crippen molar-refractivity contribution >= 4 is 23.6 Å². The summed E-state index contributed by atoms with van der Waals surface area (Å²) in [6.45, 7) is 5.27. The highest BCUT2D eigenvalue weighted by atomic mass is 16.5. The number of nitrogens with two attached hydrogens (primary N) is 1. The van der Waals surface area contributed by atoms with Crippen molar-refractivity contribution in [3.63, 3.8) is 0 Å². The van der Waals surface area contributed by atoms with Gasteiger partial charge in [-0.2, -0.15) is 5.26 Å². The van der Waals surface area contributed by atoms with E-state index in [1.807, 2.05) is 0 Å². The van der Waals surface area contributed by atoms with E-state index in [-0.39, 0.29) is 40.5 Å². The molecule has 3 rings (SSSR count). The Morgan fingerprint density at radius 2 is 1.75 bits per heavy atom. The van der Waals surface area contributed by atoms with Crippen molar-refractivity contribution in [3.05, 3.63) is 101 Å². The molecular weight excluding hydrogens is 462 g/mol. The third kappa shape index (κ3) is 4.83. The van der Waals surface area contributed by atoms with E-state index < -0.39 is 23.8 Å². The maximum absolute atomic E-state index is 13.2. The number of nitriles is 1. The van der Waals surface area contributed by atoms with Gasteiger partial charge < -0.3 is 19.9 Å². The van der Waals surface area contributed by atoms with Crippen LogP contribution < -0.4 is 10.6 Å². The topological polar surface area (TPSA) is 132 Å². The van der Waals surface area contributed by atoms with Gasteiger partial charge in [-0.1, -0.05) is 43.0 Å². The zero-order valence-corrected chi connectivity index (χ0v) is 20.1. The molecule has 0 radical (unpaired) electrons. The first kappa shape index (κ1) is 25.8. The maximum Gasteiger partial charge on any atom is 0.355 e. The molecule has 0 spiro atoms. The quantitative estimate of drug-likeness (QED) is 0.355. The lowest BCUT2D eigenvalue weighted by atomic mass is 9.81. The van der Waals surface area contributed by atoms with Crippen LogP contribution in [0.5, 0.6) is 0 Å². The van der Waals surface area contributed by atoms with Crippen LogP contribution in [0.3, 0.4) is 0 Å². The lowest BCUT2D eigenvalue weighted by Gasteiger charge is -2.36. The Labute approximate surface area is 208 Å². The lowest BCUT2D eigenvalue weighted by molar-refractivity contribution is -0.139. The van der Waals surface area contributed by atoms with E-state index in [4.69, 9.17) is 19.9 Å². The predicted octanol–water partition coefficient (Wildman–Crippen LogP) is 3.24. The summed E-state index contributed by atoms with van der Waals surface area (Å²) in [7, 11) is 2.33. The van der Waals surface area contributed by atoms with Crippen LogP contribution in [0.15, 0.2) is 83.9 Å². The third-order valence-corrected chi connectivity index (χ3v) is 5.50. The van der Waals surface area contributed by atoms with Crippen molar-refractivity contribution in [1.82, 2.24) is 0 Å². The molecule has 0 amide bonds. The van der Waals surface area contributed by atoms with Gasteiger partial charge in [-0.15, -0.1) is 0 Å². The second-order valence-electron chi connectivity index (χ2n) is 7.78. The molecule has 0 bridgehead atoms. The maximum atomic E-state index is 13.2. The number of carbonyl (C=O) groups is 3. The van der Waals surface area contributed by atoms with Crippen LogP contribution >= 0.6 is 0 Å². The number of methoxy groups -OCH3 is 2. The van der Waals surface area contributed by atoms with Gasteiger partial charge in [0, 0.05) is 5.69 Å². The standard InChI is InChI=1S/C27H25N3O6/c1-5-11-36-25(31)18-12-16(2)13-19(14-18)30-23(27(33)35-4)22(26(32)34-3)21(20(15-28)24(30)29)17-9-7-6-8-10-17/h5-10,12-14,21H,1,11,29H2,2-4H3. The first-order valence-electron chi connectivity index (χ1n) is 10.8. The molecular formula is C27H25N3O6. The summed E-state index contributed by atoms with van der Waals surface area (Å²) in [4.78, 5) is 40.1. The van der Waals surface area contributed by atoms with Gasteiger partial charge in [0.2, 0.25) is 0 Å². The van der Waals surface area contributed by atoms with Gasteiger partial charge in [0.15, 0.2) is 0 Å². The number of esters is 3. The van der Waals surface area contributed by atoms with Gasteiger partial charge in [-0.25, -0.2) is 14.4 Å². The highest BCUT2D eigenvalue weighted by molar-refractivity contribution is 6.06. The summed E-state index contributed by atoms with van der Waals surface area (Å²) in [6, 6.07) is 15.4. The number of rotatable bonds is 7. The Morgan fingerprint density at radius 3 is 2.33 bits per heavy atom. The number of aryl methyl sites for hydroxylation is 1. The average Bonchev–Trinajstić information content (AvgIpc) is 2.89. The highest BCUT2D eigenvalue weighted by Gasteiger charge is 2.43. The number of anilines is 1. The fourth-order valence-electron chi connectivity index (χ4n) is 4.01. The van der Waals surface area contributed by atoms with Gasteiger partial charge in [0.05, 0.1) is 42.9 Å². The molecule has 0 aromatic heterocycles. The first-order valence-corrected chi connectivity index (χ1v) is 10.8. The average molecular weight is 488 g/mol. The van der Waals surface area contributed by atoms with Crippen LogP contribution in [0.4, 0.5) is 5.69 Å². The largest absolute Gasteiger partial charge is 0.466 e. The summed E-state index contributed by atoms with van der Waals surface area (Å²) in [5.41, 5.74) is 7.77. The SMILES string of the molecule is C=CCOC(=O)c1cc(C)cc(N2C(N)=C(C#N)C(c3ccccc3)C(C(=O)OC)=C2C(=O)OC)c1. The van der Waals surface area contributed by atoms with E-state index in [0.717, 1.165) is 7.11 Å². The second-order valence-corrected chi connectivity index (χ2v) is 7.78. The molecule has 9 nitrogen and oxygen atoms in total. The van der Waals surface area contributed by atoms with Crippen LogP contribution in [0, 0.1) is 18.3 Å². The number of ether oxygens (including phenoxy) is 3. The Hall–Kier alpha value is -4.84. The van der Waals surface area contributed by atoms with E-state index in [9.17, 15) is 19.6 Å². The second kappa shape index (κ2) is 11.1. The van der Waals surface area contributed by atoms with Crippen LogP contribution in [0.25, 0.3) is 0 Å². The number of carbonyl (C=O) groups excluding carboxylic acids is 3. The molecule has 1 heterocycles. The van der Waals surface area contributed by atoms with Crippen LogP contribution in [-0.4, -0.2) is 38.7 Å². The minimum absolute atomic E-state index is 0.00496. The fourth-order valence-corrected chi connectivity index (χ4v) is 4.01. The zero-order valence-electron chi connectivity index (χ0n) is 20.1. The molecule has 184 valence electrons. The van der Waals surface area contributed by atoms with Crippen molar-refractivity contribution in [2.24, 2.45) is 5.73 Å². The number of hydrogen-bond acceptors (Lipinski definition) is 9. The summed E-state index contributed by atoms with van der Waals surface area (Å²) in [5.74, 6) is -3.44. The fraction of sp³-hybridized carbons (Fsp3) is 0.185. The molecule has 0 fully saturated rings. The normalized spacial score (nSPS) is 15.2. The van der Waals surface area contributed by atoms with Crippen LogP contribution in [-0.2, 0) is 23.8 Å². The van der Waals surface area contributed by atoms with Crippen molar-refractivity contribution in [2.45, 2.75) is 12.8 Å². The van der Waals surface area contributed by atoms with Gasteiger partial charge in [-0.3, -0.25) is 4.90 Å². The number of allylic oxidation sites excluding steroid dienone is 1. The Balaban J connectivity index is 2.36. The summed E-state index contributed by atoms with van der Waals surface area (Å²) >= 11 is 0. The first-order chi connectivity index (χ1) is 17.3. The monoisotopic (exact) mass is 487 g/mol. The molecule has 2 aromatic carbocycles. The van der Waals surface area contributed by atoms with E-state index in [1.165, 1.54) is 24.2 Å². The van der Waals surface area contributed by atoms with E-state index in [1.54, 1.807) is 49.4 Å². The molecule has 9 heteroatoms. The van der Waals surface area contributed by atoms with Gasteiger partial charge in [-0.05, 0) is 36.2 Å². The molecule has 0 saturated carbocycles. The Bertz CT molecular complexity index is 1320. The molecule has 1 atom stereocenters. The Kier molecular flexibility index (Phi) is 7.92. The minimum Gasteiger partial charge on any atom is -0.466 e. The molecule has 2 aromatic rings. The molecule has 1 unspecified atom stereocenters. The summed E-state index contributed by atoms with van der Waals surface area (Å²) < 4.78 is 15.2. The van der Waals surface area contributed by atoms with Gasteiger partial charge >= 0.3 is 17.9 Å². The van der Waals surface area contributed by atoms with Crippen molar-refractivity contribution in [3.8, 4) is 6.07 Å². The molecule has 2 N–H and O–H groups in total. The number of benzene rings is 2. The van der Waals surface area contributed by atoms with E-state index >= 15 is 0 Å². The molecule has 1 aliphatic rings. The number of nitrogens with zero attached hydrogens (tertiary/aromatic N) is 2. The predicted molar refractivity (Wildman–Crippen MR) is 131 cm³/mol. The van der Waals surface area contributed by atoms with Crippen molar-refractivity contribution in [1.29, 1.82) is 5.26 Å². The molecule has 0 aliphatic carbocycles. The summed E-state index contributed by atoms with van der Waals surface area (Å²) in [5, 5.41) is 10.1. The van der Waals surface area contributed by atoms with Gasteiger partial charge in [0.25, 0.3) is 0 Å². The van der Waals surface area contributed by atoms with Crippen LogP contribution in [0.2, 0.25) is 0 Å². The third-order valence-electron chi connectivity index (χ3n) is 5.50. The molecule has 36 heavy (non-hydrogen) atoms. The zero-order chi connectivity index (χ0) is 26.4. The Morgan fingerprint density at radius 1 is 1.08 bits per heavy atom. The minimum atomic E-state index is -0.990. The number of hydrogen-bond donors (Lipinski definition) is 1. The van der Waals surface area contributed by atoms with Crippen LogP contribution in [0.1, 0.15) is 27.4 Å². The summed E-state index contributed by atoms with van der Waals surface area (Å²) in [6.07, 6.45) is 1.43. The van der Waals surface area contributed by atoms with Crippen molar-refractivity contribution < 1.29 is 28.6 Å². The lowest BCUT2D eigenvalue weighted by Crippen LogP contribution is -2.40. The smallest absolute Gasteiger partial charge is 0.355 e. The van der Waals surface area contributed by atoms with E-state index in [0.29, 0.717) is 11.1 Å². The highest BCUT2D eigenvalue weighted by Crippen LogP contribution is 2.43. The van der Waals surface area contributed by atoms with Gasteiger partial charge in [0.1, 0.15) is 18.1 Å². The molecule has 1 aliphatic heterocycles. The van der Waals surface area contributed by atoms with E-state index in [2.05, 4.69) is 12.6 Å².